The number of nitrogens with one attached hydrogen (secondary N) is 1. The highest BCUT2D eigenvalue weighted by molar-refractivity contribution is 5.98. The Kier molecular flexibility index (Phi) is 6.30. The van der Waals surface area contributed by atoms with Crippen LogP contribution in [0.2, 0.25) is 0 Å². The third-order valence-electron chi connectivity index (χ3n) is 5.59. The molecule has 0 fully saturated rings. The number of hydrogen-bond donors (Lipinski definition) is 1. The molecule has 0 saturated carbocycles. The Balaban J connectivity index is 1.53. The van der Waals surface area contributed by atoms with E-state index in [4.69, 9.17) is 4.74 Å². The van der Waals surface area contributed by atoms with Gasteiger partial charge in [-0.25, -0.2) is 14.2 Å². The second kappa shape index (κ2) is 9.30. The number of carbonyl (C=O) groups is 2. The molecular formula is C24H24FN3O4. The molecule has 8 heteroatoms. The summed E-state index contributed by atoms with van der Waals surface area (Å²) in [7, 11) is 0. The summed E-state index contributed by atoms with van der Waals surface area (Å²) in [5.41, 5.74) is 0.516. The molecule has 1 aromatic heterocycles. The van der Waals surface area contributed by atoms with Crippen LogP contribution in [-0.4, -0.2) is 27.5 Å². The maximum Gasteiger partial charge on any atom is 0.338 e. The van der Waals surface area contributed by atoms with Gasteiger partial charge in [0.15, 0.2) is 6.10 Å². The molecule has 0 spiro atoms. The molecule has 0 aliphatic carbocycles. The van der Waals surface area contributed by atoms with Crippen LogP contribution >= 0.6 is 0 Å². The van der Waals surface area contributed by atoms with Crippen LogP contribution in [0, 0.1) is 5.82 Å². The van der Waals surface area contributed by atoms with Crippen LogP contribution in [0.3, 0.4) is 0 Å². The lowest BCUT2D eigenvalue weighted by molar-refractivity contribution is -0.123. The molecule has 2 heterocycles. The average molecular weight is 437 g/mol. The van der Waals surface area contributed by atoms with Crippen LogP contribution < -0.4 is 10.9 Å². The summed E-state index contributed by atoms with van der Waals surface area (Å²) in [6.45, 7) is 2.05. The molecule has 7 nitrogen and oxygen atoms in total. The molecule has 2 aromatic carbocycles. The first-order valence-corrected chi connectivity index (χ1v) is 10.7. The minimum absolute atomic E-state index is 0.00673. The van der Waals surface area contributed by atoms with Gasteiger partial charge in [0.1, 0.15) is 11.6 Å². The van der Waals surface area contributed by atoms with Gasteiger partial charge in [0, 0.05) is 13.0 Å². The van der Waals surface area contributed by atoms with E-state index in [0.29, 0.717) is 23.9 Å². The van der Waals surface area contributed by atoms with E-state index in [-0.39, 0.29) is 16.8 Å². The van der Waals surface area contributed by atoms with Gasteiger partial charge in [-0.05, 0) is 50.1 Å². The highest BCUT2D eigenvalue weighted by Crippen LogP contribution is 2.18. The zero-order valence-corrected chi connectivity index (χ0v) is 17.8. The van der Waals surface area contributed by atoms with Gasteiger partial charge >= 0.3 is 5.97 Å². The smallest absolute Gasteiger partial charge is 0.338 e. The first-order chi connectivity index (χ1) is 15.4. The monoisotopic (exact) mass is 437 g/mol. The maximum atomic E-state index is 13.7. The predicted octanol–water partition coefficient (Wildman–Crippen LogP) is 3.84. The summed E-state index contributed by atoms with van der Waals surface area (Å²) >= 11 is 0. The van der Waals surface area contributed by atoms with Gasteiger partial charge in [-0.3, -0.25) is 14.2 Å². The number of benzene rings is 2. The molecule has 1 unspecified atom stereocenters. The number of aromatic nitrogens is 2. The summed E-state index contributed by atoms with van der Waals surface area (Å²) < 4.78 is 20.7. The second-order valence-corrected chi connectivity index (χ2v) is 7.90. The molecule has 4 rings (SSSR count). The van der Waals surface area contributed by atoms with Crippen molar-refractivity contribution in [2.75, 3.05) is 5.32 Å². The molecule has 1 amide bonds. The van der Waals surface area contributed by atoms with E-state index in [0.717, 1.165) is 31.5 Å². The van der Waals surface area contributed by atoms with Crippen molar-refractivity contribution in [1.82, 2.24) is 9.55 Å². The van der Waals surface area contributed by atoms with Crippen molar-refractivity contribution >= 4 is 28.5 Å². The van der Waals surface area contributed by atoms with Crippen molar-refractivity contribution in [2.24, 2.45) is 0 Å². The third kappa shape index (κ3) is 4.54. The van der Waals surface area contributed by atoms with Crippen LogP contribution in [0.1, 0.15) is 48.8 Å². The van der Waals surface area contributed by atoms with Gasteiger partial charge in [-0.2, -0.15) is 0 Å². The van der Waals surface area contributed by atoms with Gasteiger partial charge in [0.05, 0.1) is 22.2 Å². The Hall–Kier alpha value is -3.55. The Morgan fingerprint density at radius 1 is 1.12 bits per heavy atom. The lowest BCUT2D eigenvalue weighted by Gasteiger charge is -2.17. The Bertz CT molecular complexity index is 1240. The van der Waals surface area contributed by atoms with Gasteiger partial charge < -0.3 is 10.1 Å². The topological polar surface area (TPSA) is 90.3 Å². The predicted molar refractivity (Wildman–Crippen MR) is 118 cm³/mol. The SMILES string of the molecule is CC(OC(=O)c1ccc2c(=O)n3c(nc2c1)CCCCCC3)C(=O)Nc1ccccc1F. The number of para-hydroxylation sites is 1. The number of aryl methyl sites for hydroxylation is 1. The molecule has 0 saturated heterocycles. The van der Waals surface area contributed by atoms with Crippen molar-refractivity contribution in [1.29, 1.82) is 0 Å². The van der Waals surface area contributed by atoms with E-state index in [1.165, 1.54) is 37.3 Å². The Labute approximate surface area is 184 Å². The fourth-order valence-electron chi connectivity index (χ4n) is 3.80. The number of ether oxygens (including phenoxy) is 1. The van der Waals surface area contributed by atoms with Crippen LogP contribution in [0.5, 0.6) is 0 Å². The number of rotatable bonds is 4. The van der Waals surface area contributed by atoms with Gasteiger partial charge in [-0.15, -0.1) is 0 Å². The van der Waals surface area contributed by atoms with Crippen LogP contribution in [-0.2, 0) is 22.5 Å². The number of esters is 1. The van der Waals surface area contributed by atoms with Gasteiger partial charge in [0.2, 0.25) is 0 Å². The third-order valence-corrected chi connectivity index (χ3v) is 5.59. The highest BCUT2D eigenvalue weighted by Gasteiger charge is 2.21. The number of hydrogen-bond acceptors (Lipinski definition) is 5. The lowest BCUT2D eigenvalue weighted by atomic mass is 10.1. The number of carbonyl (C=O) groups excluding carboxylic acids is 2. The van der Waals surface area contributed by atoms with Crippen molar-refractivity contribution in [3.05, 3.63) is 70.0 Å². The van der Waals surface area contributed by atoms with E-state index in [1.54, 1.807) is 16.7 Å². The largest absolute Gasteiger partial charge is 0.449 e. The van der Waals surface area contributed by atoms with Gasteiger partial charge in [0.25, 0.3) is 11.5 Å². The number of fused-ring (bicyclic) bond motifs is 2. The fraction of sp³-hybridized carbons (Fsp3) is 0.333. The minimum atomic E-state index is -1.15. The van der Waals surface area contributed by atoms with E-state index >= 15 is 0 Å². The number of nitrogens with zero attached hydrogens (tertiary/aromatic N) is 2. The highest BCUT2D eigenvalue weighted by atomic mass is 19.1. The van der Waals surface area contributed by atoms with Crippen molar-refractivity contribution in [3.63, 3.8) is 0 Å². The van der Waals surface area contributed by atoms with E-state index in [1.807, 2.05) is 0 Å². The van der Waals surface area contributed by atoms with E-state index < -0.39 is 23.8 Å². The number of anilines is 1. The van der Waals surface area contributed by atoms with Crippen LogP contribution in [0.25, 0.3) is 10.9 Å². The first-order valence-electron chi connectivity index (χ1n) is 10.7. The Morgan fingerprint density at radius 3 is 2.72 bits per heavy atom. The van der Waals surface area contributed by atoms with Crippen LogP contribution in [0.15, 0.2) is 47.3 Å². The zero-order valence-electron chi connectivity index (χ0n) is 17.8. The van der Waals surface area contributed by atoms with Crippen molar-refractivity contribution in [3.8, 4) is 0 Å². The molecule has 1 N–H and O–H groups in total. The summed E-state index contributed by atoms with van der Waals surface area (Å²) in [6.07, 6.45) is 3.68. The second-order valence-electron chi connectivity index (χ2n) is 7.90. The summed E-state index contributed by atoms with van der Waals surface area (Å²) in [6, 6.07) is 10.3. The van der Waals surface area contributed by atoms with Crippen molar-refractivity contribution in [2.45, 2.75) is 51.7 Å². The maximum absolute atomic E-state index is 13.7. The molecule has 0 bridgehead atoms. The van der Waals surface area contributed by atoms with E-state index in [9.17, 15) is 18.8 Å². The normalized spacial score (nSPS) is 14.7. The molecular weight excluding hydrogens is 413 g/mol. The lowest BCUT2D eigenvalue weighted by Crippen LogP contribution is -2.30. The number of halogens is 1. The molecule has 3 aromatic rings. The summed E-state index contributed by atoms with van der Waals surface area (Å²) in [5, 5.41) is 2.84. The van der Waals surface area contributed by atoms with Gasteiger partial charge in [-0.1, -0.05) is 25.0 Å². The number of amides is 1. The molecule has 32 heavy (non-hydrogen) atoms. The average Bonchev–Trinajstić information content (AvgIpc) is 2.76. The van der Waals surface area contributed by atoms with E-state index in [2.05, 4.69) is 10.3 Å². The first kappa shape index (κ1) is 21.7. The Morgan fingerprint density at radius 2 is 1.91 bits per heavy atom. The molecule has 166 valence electrons. The minimum Gasteiger partial charge on any atom is -0.449 e. The molecule has 0 radical (unpaired) electrons. The molecule has 1 aliphatic rings. The standard InChI is InChI=1S/C24H24FN3O4/c1-15(22(29)27-19-9-6-5-8-18(19)25)32-24(31)16-11-12-17-20(14-16)26-21-10-4-2-3-7-13-28(21)23(17)30/h5-6,8-9,11-12,14-15H,2-4,7,10,13H2,1H3,(H,27,29). The van der Waals surface area contributed by atoms with Crippen LogP contribution in [0.4, 0.5) is 10.1 Å². The zero-order chi connectivity index (χ0) is 22.7. The summed E-state index contributed by atoms with van der Waals surface area (Å²) in [5.74, 6) is -1.23. The fourth-order valence-corrected chi connectivity index (χ4v) is 3.80. The summed E-state index contributed by atoms with van der Waals surface area (Å²) in [4.78, 5) is 42.5. The quantitative estimate of drug-likeness (QED) is 0.627. The molecule has 1 atom stereocenters. The molecule has 1 aliphatic heterocycles. The van der Waals surface area contributed by atoms with Crippen molar-refractivity contribution < 1.29 is 18.7 Å².